The van der Waals surface area contributed by atoms with Gasteiger partial charge in [0, 0.05) is 36.8 Å². The van der Waals surface area contributed by atoms with Crippen LogP contribution in [0.4, 0.5) is 0 Å². The smallest absolute Gasteiger partial charge is 0.138 e. The highest BCUT2D eigenvalue weighted by Crippen LogP contribution is 2.33. The molecular weight excluding hydrogens is 368 g/mol. The van der Waals surface area contributed by atoms with Gasteiger partial charge in [-0.25, -0.2) is 0 Å². The molecule has 1 fully saturated rings. The van der Waals surface area contributed by atoms with Crippen molar-refractivity contribution in [3.8, 4) is 16.9 Å². The molecule has 3 nitrogen and oxygen atoms in total. The van der Waals surface area contributed by atoms with Gasteiger partial charge < -0.3 is 9.64 Å². The fourth-order valence-electron chi connectivity index (χ4n) is 3.91. The summed E-state index contributed by atoms with van der Waals surface area (Å²) in [5, 5.41) is 1.79. The molecule has 0 amide bonds. The van der Waals surface area contributed by atoms with Gasteiger partial charge >= 0.3 is 0 Å². The minimum Gasteiger partial charge on any atom is -0.489 e. The minimum absolute atomic E-state index is 0.245. The number of likely N-dealkylation sites (tertiary alicyclic amines) is 1. The van der Waals surface area contributed by atoms with Crippen LogP contribution in [0.2, 0.25) is 5.02 Å². The highest BCUT2D eigenvalue weighted by atomic mass is 35.5. The zero-order valence-corrected chi connectivity index (χ0v) is 17.3. The molecule has 1 aliphatic rings. The molecule has 1 aromatic heterocycles. The second-order valence-corrected chi connectivity index (χ2v) is 8.48. The van der Waals surface area contributed by atoms with Gasteiger partial charge in [-0.1, -0.05) is 49.7 Å². The third-order valence-corrected chi connectivity index (χ3v) is 5.60. The molecule has 2 aromatic carbocycles. The lowest BCUT2D eigenvalue weighted by atomic mass is 10.0. The van der Waals surface area contributed by atoms with E-state index < -0.39 is 0 Å². The van der Waals surface area contributed by atoms with E-state index in [-0.39, 0.29) is 6.10 Å². The number of ether oxygens (including phenoxy) is 1. The van der Waals surface area contributed by atoms with Crippen molar-refractivity contribution >= 4 is 22.5 Å². The molecule has 0 aliphatic carbocycles. The normalized spacial score (nSPS) is 16.0. The number of fused-ring (bicyclic) bond motifs is 1. The van der Waals surface area contributed by atoms with E-state index in [9.17, 15) is 0 Å². The molecular formula is C24H27ClN2O. The van der Waals surface area contributed by atoms with Crippen LogP contribution in [-0.4, -0.2) is 35.6 Å². The topological polar surface area (TPSA) is 25.4 Å². The third kappa shape index (κ3) is 4.48. The lowest BCUT2D eigenvalue weighted by Crippen LogP contribution is -2.39. The van der Waals surface area contributed by atoms with E-state index in [2.05, 4.69) is 41.9 Å². The van der Waals surface area contributed by atoms with Crippen LogP contribution in [0.15, 0.2) is 54.7 Å². The Morgan fingerprint density at radius 1 is 1.07 bits per heavy atom. The standard InChI is InChI=1S/C24H27ClN2O/c1-17(2)16-27-11-9-21(10-12-27)28-24-8-7-18(14-22(24)25)20-13-19-5-3-4-6-23(19)26-15-20/h3-8,13-15,17,21H,9-12,16H2,1-2H3. The predicted molar refractivity (Wildman–Crippen MR) is 117 cm³/mol. The maximum Gasteiger partial charge on any atom is 0.138 e. The van der Waals surface area contributed by atoms with Crippen LogP contribution < -0.4 is 4.74 Å². The van der Waals surface area contributed by atoms with Crippen molar-refractivity contribution in [3.05, 3.63) is 59.8 Å². The Morgan fingerprint density at radius 2 is 1.86 bits per heavy atom. The zero-order chi connectivity index (χ0) is 19.5. The number of halogens is 1. The quantitative estimate of drug-likeness (QED) is 0.526. The number of hydrogen-bond donors (Lipinski definition) is 0. The summed E-state index contributed by atoms with van der Waals surface area (Å²) in [7, 11) is 0. The van der Waals surface area contributed by atoms with E-state index in [0.717, 1.165) is 53.7 Å². The van der Waals surface area contributed by atoms with Crippen LogP contribution >= 0.6 is 11.6 Å². The number of nitrogens with zero attached hydrogens (tertiary/aromatic N) is 2. The summed E-state index contributed by atoms with van der Waals surface area (Å²) in [6.07, 6.45) is 4.26. The van der Waals surface area contributed by atoms with Crippen LogP contribution in [0.5, 0.6) is 5.75 Å². The van der Waals surface area contributed by atoms with Crippen molar-refractivity contribution in [1.82, 2.24) is 9.88 Å². The van der Waals surface area contributed by atoms with E-state index in [4.69, 9.17) is 16.3 Å². The molecule has 0 unspecified atom stereocenters. The number of para-hydroxylation sites is 1. The summed E-state index contributed by atoms with van der Waals surface area (Å²) in [6.45, 7) is 7.91. The van der Waals surface area contributed by atoms with Crippen LogP contribution in [0.1, 0.15) is 26.7 Å². The first kappa shape index (κ1) is 19.2. The molecule has 1 aliphatic heterocycles. The molecule has 0 atom stereocenters. The Morgan fingerprint density at radius 3 is 2.61 bits per heavy atom. The van der Waals surface area contributed by atoms with E-state index in [1.54, 1.807) is 0 Å². The van der Waals surface area contributed by atoms with Crippen molar-refractivity contribution in [2.45, 2.75) is 32.8 Å². The van der Waals surface area contributed by atoms with Crippen molar-refractivity contribution in [2.75, 3.05) is 19.6 Å². The highest BCUT2D eigenvalue weighted by Gasteiger charge is 2.21. The van der Waals surface area contributed by atoms with Gasteiger partial charge in [0.15, 0.2) is 0 Å². The van der Waals surface area contributed by atoms with E-state index in [1.165, 1.54) is 6.54 Å². The summed E-state index contributed by atoms with van der Waals surface area (Å²) in [6, 6.07) is 16.3. The summed E-state index contributed by atoms with van der Waals surface area (Å²) >= 11 is 6.56. The van der Waals surface area contributed by atoms with E-state index >= 15 is 0 Å². The lowest BCUT2D eigenvalue weighted by molar-refractivity contribution is 0.0942. The summed E-state index contributed by atoms with van der Waals surface area (Å²) < 4.78 is 6.23. The third-order valence-electron chi connectivity index (χ3n) is 5.31. The molecule has 1 saturated heterocycles. The van der Waals surface area contributed by atoms with E-state index in [0.29, 0.717) is 10.9 Å². The van der Waals surface area contributed by atoms with Gasteiger partial charge in [-0.05, 0) is 48.6 Å². The molecule has 28 heavy (non-hydrogen) atoms. The SMILES string of the molecule is CC(C)CN1CCC(Oc2ccc(-c3cnc4ccccc4c3)cc2Cl)CC1. The molecule has 0 spiro atoms. The zero-order valence-electron chi connectivity index (χ0n) is 16.6. The molecule has 3 aromatic rings. The number of pyridine rings is 1. The maximum atomic E-state index is 6.56. The fourth-order valence-corrected chi connectivity index (χ4v) is 4.14. The van der Waals surface area contributed by atoms with Gasteiger partial charge in [0.05, 0.1) is 10.5 Å². The molecule has 0 bridgehead atoms. The average Bonchev–Trinajstić information content (AvgIpc) is 2.70. The molecule has 0 N–H and O–H groups in total. The second-order valence-electron chi connectivity index (χ2n) is 8.07. The average molecular weight is 395 g/mol. The van der Waals surface area contributed by atoms with Crippen molar-refractivity contribution in [3.63, 3.8) is 0 Å². The molecule has 4 rings (SSSR count). The van der Waals surface area contributed by atoms with Crippen LogP contribution in [0.25, 0.3) is 22.0 Å². The van der Waals surface area contributed by atoms with Gasteiger partial charge in [0.25, 0.3) is 0 Å². The monoisotopic (exact) mass is 394 g/mol. The molecule has 0 radical (unpaired) electrons. The first-order chi connectivity index (χ1) is 13.6. The molecule has 4 heteroatoms. The van der Waals surface area contributed by atoms with Crippen molar-refractivity contribution < 1.29 is 4.74 Å². The van der Waals surface area contributed by atoms with Gasteiger partial charge in [0.2, 0.25) is 0 Å². The first-order valence-corrected chi connectivity index (χ1v) is 10.5. The van der Waals surface area contributed by atoms with Crippen LogP contribution in [0.3, 0.4) is 0 Å². The van der Waals surface area contributed by atoms with Gasteiger partial charge in [-0.2, -0.15) is 0 Å². The Balaban J connectivity index is 1.44. The number of piperidine rings is 1. The second kappa shape index (κ2) is 8.50. The fraction of sp³-hybridized carbons (Fsp3) is 0.375. The Kier molecular flexibility index (Phi) is 5.84. The van der Waals surface area contributed by atoms with Crippen LogP contribution in [0, 0.1) is 5.92 Å². The Bertz CT molecular complexity index is 948. The number of hydrogen-bond acceptors (Lipinski definition) is 3. The largest absolute Gasteiger partial charge is 0.489 e. The van der Waals surface area contributed by atoms with Gasteiger partial charge in [-0.15, -0.1) is 0 Å². The van der Waals surface area contributed by atoms with Crippen molar-refractivity contribution in [2.24, 2.45) is 5.92 Å². The van der Waals surface area contributed by atoms with Crippen molar-refractivity contribution in [1.29, 1.82) is 0 Å². The van der Waals surface area contributed by atoms with E-state index in [1.807, 2.05) is 36.5 Å². The number of aromatic nitrogens is 1. The summed E-state index contributed by atoms with van der Waals surface area (Å²) in [4.78, 5) is 7.08. The molecule has 146 valence electrons. The summed E-state index contributed by atoms with van der Waals surface area (Å²) in [5.41, 5.74) is 3.12. The molecule has 2 heterocycles. The van der Waals surface area contributed by atoms with Crippen LogP contribution in [-0.2, 0) is 0 Å². The first-order valence-electron chi connectivity index (χ1n) is 10.1. The van der Waals surface area contributed by atoms with Gasteiger partial charge in [-0.3, -0.25) is 4.98 Å². The minimum atomic E-state index is 0.245. The van der Waals surface area contributed by atoms with Gasteiger partial charge in [0.1, 0.15) is 11.9 Å². The predicted octanol–water partition coefficient (Wildman–Crippen LogP) is 6.05. The lowest BCUT2D eigenvalue weighted by Gasteiger charge is -2.33. The molecule has 0 saturated carbocycles. The Labute approximate surface area is 172 Å². The number of rotatable bonds is 5. The summed E-state index contributed by atoms with van der Waals surface area (Å²) in [5.74, 6) is 1.49. The maximum absolute atomic E-state index is 6.56. The number of benzene rings is 2. The Hall–Kier alpha value is -2.10. The highest BCUT2D eigenvalue weighted by molar-refractivity contribution is 6.32.